The summed E-state index contributed by atoms with van der Waals surface area (Å²) >= 11 is 0. The monoisotopic (exact) mass is 545 g/mol. The third-order valence-corrected chi connectivity index (χ3v) is 8.35. The second kappa shape index (κ2) is 10.7. The number of pyridine rings is 1. The number of fused-ring (bicyclic) bond motifs is 2. The zero-order valence-corrected chi connectivity index (χ0v) is 22.6. The number of rotatable bonds is 5. The van der Waals surface area contributed by atoms with E-state index in [9.17, 15) is 5.11 Å². The number of aromatic nitrogens is 5. The van der Waals surface area contributed by atoms with Crippen LogP contribution in [-0.2, 0) is 0 Å². The molecule has 0 amide bonds. The highest BCUT2D eigenvalue weighted by atomic mass is 16.3. The number of anilines is 3. The number of hydrogen-bond donors (Lipinski definition) is 2. The number of hydrogen-bond acceptors (Lipinski definition) is 10. The van der Waals surface area contributed by atoms with Gasteiger partial charge in [-0.3, -0.25) is 4.90 Å². The van der Waals surface area contributed by atoms with Gasteiger partial charge in [0.05, 0.1) is 17.9 Å². The summed E-state index contributed by atoms with van der Waals surface area (Å²) in [6.45, 7) is 4.33. The molecule has 7 rings (SSSR count). The van der Waals surface area contributed by atoms with Crippen LogP contribution in [0.15, 0.2) is 67.3 Å². The third kappa shape index (κ3) is 5.00. The number of phenolic OH excluding ortho intramolecular Hbond substituents is 1. The molecule has 0 spiro atoms. The van der Waals surface area contributed by atoms with Crippen molar-refractivity contribution in [2.24, 2.45) is 0 Å². The average Bonchev–Trinajstić information content (AvgIpc) is 3.24. The van der Waals surface area contributed by atoms with Gasteiger partial charge in [0.15, 0.2) is 5.82 Å². The van der Waals surface area contributed by atoms with E-state index in [0.717, 1.165) is 62.6 Å². The molecule has 2 unspecified atom stereocenters. The van der Waals surface area contributed by atoms with E-state index in [0.29, 0.717) is 35.1 Å². The second-order valence-corrected chi connectivity index (χ2v) is 10.9. The van der Waals surface area contributed by atoms with Crippen LogP contribution in [0, 0.1) is 11.8 Å². The summed E-state index contributed by atoms with van der Waals surface area (Å²) in [6.07, 6.45) is 7.50. The first kappa shape index (κ1) is 25.2. The van der Waals surface area contributed by atoms with Crippen molar-refractivity contribution in [2.75, 3.05) is 48.3 Å². The van der Waals surface area contributed by atoms with Crippen molar-refractivity contribution in [3.8, 4) is 28.8 Å². The molecule has 2 bridgehead atoms. The molecule has 3 aliphatic heterocycles. The molecular formula is C31H31N9O. The van der Waals surface area contributed by atoms with Gasteiger partial charge in [-0.25, -0.2) is 15.0 Å². The van der Waals surface area contributed by atoms with Crippen molar-refractivity contribution in [3.63, 3.8) is 0 Å². The molecule has 10 nitrogen and oxygen atoms in total. The summed E-state index contributed by atoms with van der Waals surface area (Å²) in [7, 11) is 0. The Morgan fingerprint density at radius 1 is 0.927 bits per heavy atom. The van der Waals surface area contributed by atoms with Crippen LogP contribution >= 0.6 is 0 Å². The maximum absolute atomic E-state index is 10.3. The number of nitrogens with two attached hydrogens (primary N) is 1. The molecule has 6 heterocycles. The molecule has 10 heteroatoms. The number of nitrogen functional groups attached to an aromatic ring is 1. The molecule has 3 fully saturated rings. The maximum Gasteiger partial charge on any atom is 0.169 e. The quantitative estimate of drug-likeness (QED) is 0.362. The Morgan fingerprint density at radius 2 is 1.76 bits per heavy atom. The van der Waals surface area contributed by atoms with Crippen molar-refractivity contribution < 1.29 is 5.11 Å². The van der Waals surface area contributed by atoms with Gasteiger partial charge in [-0.1, -0.05) is 18.1 Å². The number of piperazine rings is 1. The molecule has 3 aliphatic rings. The van der Waals surface area contributed by atoms with Crippen molar-refractivity contribution >= 4 is 17.2 Å². The lowest BCUT2D eigenvalue weighted by Crippen LogP contribution is -2.54. The average molecular weight is 546 g/mol. The number of aromatic hydroxyl groups is 1. The van der Waals surface area contributed by atoms with E-state index in [1.165, 1.54) is 5.69 Å². The smallest absolute Gasteiger partial charge is 0.169 e. The van der Waals surface area contributed by atoms with Gasteiger partial charge >= 0.3 is 0 Å². The number of phenols is 1. The van der Waals surface area contributed by atoms with Crippen LogP contribution in [0.5, 0.6) is 5.75 Å². The summed E-state index contributed by atoms with van der Waals surface area (Å²) in [4.78, 5) is 20.1. The Kier molecular flexibility index (Phi) is 6.57. The lowest BCUT2D eigenvalue weighted by molar-refractivity contribution is 0.167. The maximum atomic E-state index is 10.3. The molecule has 0 saturated carbocycles. The van der Waals surface area contributed by atoms with Crippen molar-refractivity contribution in [3.05, 3.63) is 78.6 Å². The Labute approximate surface area is 238 Å². The zero-order chi connectivity index (χ0) is 27.8. The highest BCUT2D eigenvalue weighted by Crippen LogP contribution is 2.39. The van der Waals surface area contributed by atoms with Crippen molar-refractivity contribution in [1.82, 2.24) is 30.0 Å². The fourth-order valence-corrected chi connectivity index (χ4v) is 6.31. The van der Waals surface area contributed by atoms with Crippen molar-refractivity contribution in [2.45, 2.75) is 30.8 Å². The minimum atomic E-state index is 0.176. The van der Waals surface area contributed by atoms with E-state index in [4.69, 9.17) is 5.73 Å². The Balaban J connectivity index is 1.02. The normalized spacial score (nSPS) is 20.4. The minimum absolute atomic E-state index is 0.176. The molecular weight excluding hydrogens is 514 g/mol. The summed E-state index contributed by atoms with van der Waals surface area (Å²) in [5.41, 5.74) is 11.5. The van der Waals surface area contributed by atoms with Gasteiger partial charge in [0.2, 0.25) is 0 Å². The zero-order valence-electron chi connectivity index (χ0n) is 22.6. The second-order valence-electron chi connectivity index (χ2n) is 10.9. The summed E-state index contributed by atoms with van der Waals surface area (Å²) < 4.78 is 0. The SMILES string of the molecule is Nc1nnc(-c2ccccc2O)cc1N1CC2CCC(C1)N2c1ccnc(C#CCN2CC(c3ccncn3)C2)c1. The molecule has 3 saturated heterocycles. The van der Waals surface area contributed by atoms with Crippen LogP contribution in [0.4, 0.5) is 17.2 Å². The van der Waals surface area contributed by atoms with Gasteiger partial charge in [0.25, 0.3) is 0 Å². The van der Waals surface area contributed by atoms with Crippen LogP contribution in [0.2, 0.25) is 0 Å². The lowest BCUT2D eigenvalue weighted by Gasteiger charge is -2.43. The molecule has 1 aromatic carbocycles. The van der Waals surface area contributed by atoms with Crippen molar-refractivity contribution in [1.29, 1.82) is 0 Å². The largest absolute Gasteiger partial charge is 0.507 e. The van der Waals surface area contributed by atoms with E-state index in [2.05, 4.69) is 63.8 Å². The first-order valence-corrected chi connectivity index (χ1v) is 14.0. The summed E-state index contributed by atoms with van der Waals surface area (Å²) in [5, 5.41) is 18.8. The minimum Gasteiger partial charge on any atom is -0.507 e. The number of likely N-dealkylation sites (tertiary alicyclic amines) is 1. The standard InChI is InChI=1S/C31H31N9O/c32-31-29(15-28(36-37-31)26-5-1-2-6-30(26)41)39-18-24-7-8-25(19-39)40(24)23-9-12-34-22(14-23)4-3-13-38-16-21(17-38)27-10-11-33-20-35-27/h1-2,5-6,9-12,14-15,20-21,24-25,41H,7-8,13,16-19H2,(H2,32,37). The Bertz CT molecular complexity index is 1600. The predicted octanol–water partition coefficient (Wildman–Crippen LogP) is 2.92. The summed E-state index contributed by atoms with van der Waals surface area (Å²) in [5.74, 6) is 7.64. The fourth-order valence-electron chi connectivity index (χ4n) is 6.31. The van der Waals surface area contributed by atoms with Crippen LogP contribution in [0.1, 0.15) is 30.1 Å². The molecule has 206 valence electrons. The van der Waals surface area contributed by atoms with E-state index in [1.807, 2.05) is 30.5 Å². The molecule has 3 N–H and O–H groups in total. The molecule has 4 aromatic rings. The fraction of sp³-hybridized carbons (Fsp3) is 0.323. The van der Waals surface area contributed by atoms with Gasteiger partial charge in [-0.2, -0.15) is 0 Å². The van der Waals surface area contributed by atoms with E-state index in [1.54, 1.807) is 24.7 Å². The van der Waals surface area contributed by atoms with Gasteiger partial charge in [-0.15, -0.1) is 10.2 Å². The first-order valence-electron chi connectivity index (χ1n) is 14.0. The summed E-state index contributed by atoms with van der Waals surface area (Å²) in [6, 6.07) is 16.0. The van der Waals surface area contributed by atoms with Crippen LogP contribution < -0.4 is 15.5 Å². The molecule has 41 heavy (non-hydrogen) atoms. The number of benzene rings is 1. The van der Waals surface area contributed by atoms with Gasteiger partial charge in [0, 0.05) is 73.5 Å². The van der Waals surface area contributed by atoms with E-state index < -0.39 is 0 Å². The number of para-hydroxylation sites is 1. The van der Waals surface area contributed by atoms with Gasteiger partial charge in [0.1, 0.15) is 17.8 Å². The first-order chi connectivity index (χ1) is 20.1. The third-order valence-electron chi connectivity index (χ3n) is 8.35. The van der Waals surface area contributed by atoms with E-state index in [-0.39, 0.29) is 5.75 Å². The van der Waals surface area contributed by atoms with Crippen LogP contribution in [0.3, 0.4) is 0 Å². The van der Waals surface area contributed by atoms with Gasteiger partial charge < -0.3 is 20.6 Å². The van der Waals surface area contributed by atoms with Crippen LogP contribution in [0.25, 0.3) is 11.3 Å². The number of nitrogens with zero attached hydrogens (tertiary/aromatic N) is 8. The molecule has 0 aliphatic carbocycles. The molecule has 0 radical (unpaired) electrons. The molecule has 2 atom stereocenters. The lowest BCUT2D eigenvalue weighted by atomic mass is 9.96. The van der Waals surface area contributed by atoms with E-state index >= 15 is 0 Å². The predicted molar refractivity (Wildman–Crippen MR) is 157 cm³/mol. The molecule has 3 aromatic heterocycles. The highest BCUT2D eigenvalue weighted by Gasteiger charge is 2.40. The Morgan fingerprint density at radius 3 is 2.54 bits per heavy atom. The topological polar surface area (TPSA) is 120 Å². The van der Waals surface area contributed by atoms with Crippen LogP contribution in [-0.4, -0.2) is 80.0 Å². The highest BCUT2D eigenvalue weighted by molar-refractivity contribution is 5.74. The Hall–Kier alpha value is -4.75. The van der Waals surface area contributed by atoms with Gasteiger partial charge in [-0.05, 0) is 55.2 Å².